The standard InChI is InChI=1S/C14H18N4O/c1-14(2,15)9-8-13(19)12-10-16-17-18(12)11-6-4-3-5-7-11/h3-7,10H,8-9,15H2,1-2H3. The van der Waals surface area contributed by atoms with Crippen molar-refractivity contribution in [1.29, 1.82) is 0 Å². The van der Waals surface area contributed by atoms with Crippen molar-refractivity contribution >= 4 is 5.78 Å². The predicted octanol–water partition coefficient (Wildman–Crippen LogP) is 1.97. The van der Waals surface area contributed by atoms with Gasteiger partial charge in [-0.2, -0.15) is 0 Å². The average Bonchev–Trinajstić information content (AvgIpc) is 2.85. The predicted molar refractivity (Wildman–Crippen MR) is 73.2 cm³/mol. The number of aromatic nitrogens is 3. The Labute approximate surface area is 112 Å². The first-order valence-corrected chi connectivity index (χ1v) is 6.25. The Morgan fingerprint density at radius 2 is 2.00 bits per heavy atom. The molecule has 0 radical (unpaired) electrons. The van der Waals surface area contributed by atoms with E-state index in [9.17, 15) is 4.79 Å². The maximum absolute atomic E-state index is 12.2. The number of para-hydroxylation sites is 1. The van der Waals surface area contributed by atoms with Gasteiger partial charge in [0.25, 0.3) is 0 Å². The molecule has 0 spiro atoms. The molecule has 0 atom stereocenters. The molecule has 1 aromatic carbocycles. The van der Waals surface area contributed by atoms with E-state index in [0.717, 1.165) is 5.69 Å². The third-order valence-electron chi connectivity index (χ3n) is 2.83. The van der Waals surface area contributed by atoms with Gasteiger partial charge in [0, 0.05) is 12.0 Å². The summed E-state index contributed by atoms with van der Waals surface area (Å²) in [5.41, 5.74) is 6.87. The number of ketones is 1. The topological polar surface area (TPSA) is 73.8 Å². The smallest absolute Gasteiger partial charge is 0.183 e. The third kappa shape index (κ3) is 3.48. The Morgan fingerprint density at radius 3 is 2.63 bits per heavy atom. The van der Waals surface area contributed by atoms with E-state index in [1.165, 1.54) is 6.20 Å². The van der Waals surface area contributed by atoms with E-state index < -0.39 is 0 Å². The van der Waals surface area contributed by atoms with Crippen molar-refractivity contribution in [3.8, 4) is 5.69 Å². The van der Waals surface area contributed by atoms with E-state index in [4.69, 9.17) is 5.73 Å². The first-order chi connectivity index (χ1) is 8.97. The molecule has 2 rings (SSSR count). The second-order valence-corrected chi connectivity index (χ2v) is 5.28. The SMILES string of the molecule is CC(C)(N)CCC(=O)c1cnnn1-c1ccccc1. The fraction of sp³-hybridized carbons (Fsp3) is 0.357. The molecule has 5 nitrogen and oxygen atoms in total. The van der Waals surface area contributed by atoms with E-state index in [2.05, 4.69) is 10.3 Å². The van der Waals surface area contributed by atoms with Crippen LogP contribution in [0, 0.1) is 0 Å². The lowest BCUT2D eigenvalue weighted by molar-refractivity contribution is 0.0965. The van der Waals surface area contributed by atoms with Gasteiger partial charge < -0.3 is 5.73 Å². The molecule has 0 aliphatic heterocycles. The Hall–Kier alpha value is -2.01. The van der Waals surface area contributed by atoms with Crippen LogP contribution in [0.5, 0.6) is 0 Å². The van der Waals surface area contributed by atoms with Gasteiger partial charge in [-0.05, 0) is 32.4 Å². The first kappa shape index (κ1) is 13.4. The van der Waals surface area contributed by atoms with E-state index >= 15 is 0 Å². The zero-order valence-corrected chi connectivity index (χ0v) is 11.2. The lowest BCUT2D eigenvalue weighted by Crippen LogP contribution is -2.32. The maximum Gasteiger partial charge on any atom is 0.183 e. The summed E-state index contributed by atoms with van der Waals surface area (Å²) in [7, 11) is 0. The number of carbonyl (C=O) groups excluding carboxylic acids is 1. The summed E-state index contributed by atoms with van der Waals surface area (Å²) in [5.74, 6) is 0.00683. The molecule has 0 fully saturated rings. The summed E-state index contributed by atoms with van der Waals surface area (Å²) in [6.07, 6.45) is 2.52. The molecule has 0 saturated carbocycles. The van der Waals surface area contributed by atoms with Crippen LogP contribution in [0.2, 0.25) is 0 Å². The summed E-state index contributed by atoms with van der Waals surface area (Å²) in [4.78, 5) is 12.2. The molecule has 0 aliphatic carbocycles. The highest BCUT2D eigenvalue weighted by Crippen LogP contribution is 2.14. The largest absolute Gasteiger partial charge is 0.326 e. The third-order valence-corrected chi connectivity index (χ3v) is 2.83. The second-order valence-electron chi connectivity index (χ2n) is 5.28. The molecule has 0 bridgehead atoms. The highest BCUT2D eigenvalue weighted by molar-refractivity contribution is 5.94. The Morgan fingerprint density at radius 1 is 1.32 bits per heavy atom. The van der Waals surface area contributed by atoms with Crippen molar-refractivity contribution in [3.05, 3.63) is 42.2 Å². The fourth-order valence-electron chi connectivity index (χ4n) is 1.75. The van der Waals surface area contributed by atoms with Gasteiger partial charge in [-0.25, -0.2) is 4.68 Å². The van der Waals surface area contributed by atoms with E-state index in [0.29, 0.717) is 18.5 Å². The van der Waals surface area contributed by atoms with Gasteiger partial charge in [0.1, 0.15) is 5.69 Å². The molecule has 5 heteroatoms. The monoisotopic (exact) mass is 258 g/mol. The number of nitrogens with two attached hydrogens (primary N) is 1. The highest BCUT2D eigenvalue weighted by atomic mass is 16.1. The quantitative estimate of drug-likeness (QED) is 0.832. The zero-order valence-electron chi connectivity index (χ0n) is 11.2. The van der Waals surface area contributed by atoms with Crippen molar-refractivity contribution in [2.75, 3.05) is 0 Å². The number of hydrogen-bond donors (Lipinski definition) is 1. The number of rotatable bonds is 5. The normalized spacial score (nSPS) is 11.5. The van der Waals surface area contributed by atoms with Crippen LogP contribution in [-0.4, -0.2) is 26.3 Å². The van der Waals surface area contributed by atoms with Crippen LogP contribution in [0.15, 0.2) is 36.5 Å². The van der Waals surface area contributed by atoms with Crippen molar-refractivity contribution < 1.29 is 4.79 Å². The van der Waals surface area contributed by atoms with Crippen LogP contribution in [0.1, 0.15) is 37.2 Å². The molecule has 2 aromatic rings. The number of benzene rings is 1. The number of hydrogen-bond acceptors (Lipinski definition) is 4. The molecule has 2 N–H and O–H groups in total. The summed E-state index contributed by atoms with van der Waals surface area (Å²) < 4.78 is 1.56. The molecule has 0 amide bonds. The fourth-order valence-corrected chi connectivity index (χ4v) is 1.75. The van der Waals surface area contributed by atoms with Crippen LogP contribution in [0.3, 0.4) is 0 Å². The molecular weight excluding hydrogens is 240 g/mol. The van der Waals surface area contributed by atoms with Crippen LogP contribution >= 0.6 is 0 Å². The van der Waals surface area contributed by atoms with E-state index in [1.54, 1.807) is 4.68 Å². The van der Waals surface area contributed by atoms with Gasteiger partial charge in [0.15, 0.2) is 5.78 Å². The van der Waals surface area contributed by atoms with Crippen LogP contribution in [0.4, 0.5) is 0 Å². The van der Waals surface area contributed by atoms with E-state index in [1.807, 2.05) is 44.2 Å². The minimum absolute atomic E-state index is 0.00683. The Kier molecular flexibility index (Phi) is 3.76. The molecule has 1 heterocycles. The number of Topliss-reactive ketones (excluding diaryl/α,β-unsaturated/α-hetero) is 1. The van der Waals surface area contributed by atoms with Gasteiger partial charge >= 0.3 is 0 Å². The first-order valence-electron chi connectivity index (χ1n) is 6.25. The lowest BCUT2D eigenvalue weighted by atomic mass is 9.97. The Bertz CT molecular complexity index is 554. The molecular formula is C14H18N4O. The zero-order chi connectivity index (χ0) is 13.9. The average molecular weight is 258 g/mol. The van der Waals surface area contributed by atoms with Crippen molar-refractivity contribution in [1.82, 2.24) is 15.0 Å². The molecule has 19 heavy (non-hydrogen) atoms. The van der Waals surface area contributed by atoms with Crippen LogP contribution < -0.4 is 5.73 Å². The minimum Gasteiger partial charge on any atom is -0.326 e. The van der Waals surface area contributed by atoms with Gasteiger partial charge in [-0.3, -0.25) is 4.79 Å². The van der Waals surface area contributed by atoms with Gasteiger partial charge in [-0.1, -0.05) is 23.4 Å². The molecule has 1 aromatic heterocycles. The van der Waals surface area contributed by atoms with Crippen LogP contribution in [0.25, 0.3) is 5.69 Å². The summed E-state index contributed by atoms with van der Waals surface area (Å²) in [6.45, 7) is 3.82. The molecule has 0 aliphatic rings. The summed E-state index contributed by atoms with van der Waals surface area (Å²) in [5, 5.41) is 7.79. The minimum atomic E-state index is -0.347. The van der Waals surface area contributed by atoms with Crippen molar-refractivity contribution in [2.24, 2.45) is 5.73 Å². The number of nitrogens with zero attached hydrogens (tertiary/aromatic N) is 3. The maximum atomic E-state index is 12.2. The van der Waals surface area contributed by atoms with Crippen molar-refractivity contribution in [2.45, 2.75) is 32.2 Å². The lowest BCUT2D eigenvalue weighted by Gasteiger charge is -2.17. The summed E-state index contributed by atoms with van der Waals surface area (Å²) >= 11 is 0. The van der Waals surface area contributed by atoms with Crippen molar-refractivity contribution in [3.63, 3.8) is 0 Å². The van der Waals surface area contributed by atoms with Crippen LogP contribution in [-0.2, 0) is 0 Å². The number of carbonyl (C=O) groups is 1. The Balaban J connectivity index is 2.18. The molecule has 0 unspecified atom stereocenters. The van der Waals surface area contributed by atoms with Gasteiger partial charge in [-0.15, -0.1) is 5.10 Å². The van der Waals surface area contributed by atoms with Gasteiger partial charge in [0.2, 0.25) is 0 Å². The molecule has 100 valence electrons. The highest BCUT2D eigenvalue weighted by Gasteiger charge is 2.18. The molecule has 0 saturated heterocycles. The van der Waals surface area contributed by atoms with Gasteiger partial charge in [0.05, 0.1) is 11.9 Å². The van der Waals surface area contributed by atoms with E-state index in [-0.39, 0.29) is 11.3 Å². The summed E-state index contributed by atoms with van der Waals surface area (Å²) in [6, 6.07) is 9.48. The second kappa shape index (κ2) is 5.32.